The summed E-state index contributed by atoms with van der Waals surface area (Å²) in [6, 6.07) is 16.6. The Balaban J connectivity index is 1.52. The Morgan fingerprint density at radius 3 is 2.41 bits per heavy atom. The zero-order chi connectivity index (χ0) is 23.1. The number of halogens is 3. The lowest BCUT2D eigenvalue weighted by Crippen LogP contribution is -2.23. The van der Waals surface area contributed by atoms with Crippen LogP contribution in [0.4, 0.5) is 13.2 Å². The Morgan fingerprint density at radius 2 is 1.78 bits per heavy atom. The van der Waals surface area contributed by atoms with Crippen LogP contribution >= 0.6 is 0 Å². The molecular formula is C23H22F3N3O3. The normalized spacial score (nSPS) is 11.4. The van der Waals surface area contributed by atoms with E-state index in [0.717, 1.165) is 5.56 Å². The third-order valence-corrected chi connectivity index (χ3v) is 4.59. The quantitative estimate of drug-likeness (QED) is 0.523. The predicted molar refractivity (Wildman–Crippen MR) is 112 cm³/mol. The van der Waals surface area contributed by atoms with Crippen LogP contribution in [0, 0.1) is 0 Å². The second-order valence-electron chi connectivity index (χ2n) is 7.14. The molecule has 0 atom stereocenters. The van der Waals surface area contributed by atoms with E-state index in [0.29, 0.717) is 42.3 Å². The van der Waals surface area contributed by atoms with Crippen molar-refractivity contribution in [1.29, 1.82) is 0 Å². The minimum absolute atomic E-state index is 0.189. The van der Waals surface area contributed by atoms with Crippen LogP contribution in [0.25, 0.3) is 0 Å². The number of hydrogen-bond acceptors (Lipinski definition) is 5. The van der Waals surface area contributed by atoms with Crippen LogP contribution in [0.15, 0.2) is 66.9 Å². The van der Waals surface area contributed by atoms with Crippen LogP contribution in [-0.2, 0) is 13.0 Å². The second kappa shape index (κ2) is 10.1. The monoisotopic (exact) mass is 445 g/mol. The molecule has 0 aliphatic heterocycles. The largest absolute Gasteiger partial charge is 0.573 e. The number of primary amides is 1. The molecule has 0 radical (unpaired) electrons. The molecule has 0 fully saturated rings. The summed E-state index contributed by atoms with van der Waals surface area (Å²) in [4.78, 5) is 17.0. The van der Waals surface area contributed by atoms with Gasteiger partial charge in [0.2, 0.25) is 11.8 Å². The Morgan fingerprint density at radius 1 is 1.06 bits per heavy atom. The molecule has 0 saturated heterocycles. The number of pyridine rings is 1. The smallest absolute Gasteiger partial charge is 0.439 e. The number of carbonyl (C=O) groups excluding carboxylic acids is 1. The molecule has 1 amide bonds. The molecule has 168 valence electrons. The van der Waals surface area contributed by atoms with Crippen LogP contribution in [0.5, 0.6) is 17.4 Å². The van der Waals surface area contributed by atoms with Crippen molar-refractivity contribution < 1.29 is 27.4 Å². The topological polar surface area (TPSA) is 77.7 Å². The number of rotatable bonds is 9. The Hall–Kier alpha value is -3.59. The average molecular weight is 445 g/mol. The van der Waals surface area contributed by atoms with E-state index in [1.165, 1.54) is 24.4 Å². The zero-order valence-electron chi connectivity index (χ0n) is 17.3. The number of likely N-dealkylation sites (N-methyl/N-ethyl adjacent to an activating group) is 1. The SMILES string of the molecule is CN(CCc1ccc(Oc2ccc(C(N)=O)cn2)cc1)Cc1ccccc1OC(F)(F)F. The lowest BCUT2D eigenvalue weighted by atomic mass is 10.1. The summed E-state index contributed by atoms with van der Waals surface area (Å²) in [7, 11) is 1.84. The fraction of sp³-hybridized carbons (Fsp3) is 0.217. The molecule has 3 aromatic rings. The number of hydrogen-bond donors (Lipinski definition) is 1. The maximum Gasteiger partial charge on any atom is 0.573 e. The van der Waals surface area contributed by atoms with Gasteiger partial charge in [0.15, 0.2) is 0 Å². The van der Waals surface area contributed by atoms with Gasteiger partial charge in [-0.2, -0.15) is 0 Å². The van der Waals surface area contributed by atoms with Gasteiger partial charge in [0, 0.05) is 30.9 Å². The molecule has 0 bridgehead atoms. The van der Waals surface area contributed by atoms with Crippen molar-refractivity contribution in [1.82, 2.24) is 9.88 Å². The minimum Gasteiger partial charge on any atom is -0.439 e. The highest BCUT2D eigenvalue weighted by Crippen LogP contribution is 2.27. The number of benzene rings is 2. The summed E-state index contributed by atoms with van der Waals surface area (Å²) < 4.78 is 47.5. The molecule has 9 heteroatoms. The van der Waals surface area contributed by atoms with E-state index in [-0.39, 0.29) is 5.75 Å². The maximum atomic E-state index is 12.6. The van der Waals surface area contributed by atoms with Gasteiger partial charge in [-0.1, -0.05) is 30.3 Å². The Labute approximate surface area is 183 Å². The van der Waals surface area contributed by atoms with E-state index < -0.39 is 12.3 Å². The third-order valence-electron chi connectivity index (χ3n) is 4.59. The molecule has 0 spiro atoms. The van der Waals surface area contributed by atoms with Crippen molar-refractivity contribution in [3.63, 3.8) is 0 Å². The summed E-state index contributed by atoms with van der Waals surface area (Å²) in [6.07, 6.45) is -2.68. The van der Waals surface area contributed by atoms with E-state index in [2.05, 4.69) is 9.72 Å². The maximum absolute atomic E-state index is 12.6. The van der Waals surface area contributed by atoms with E-state index >= 15 is 0 Å². The lowest BCUT2D eigenvalue weighted by Gasteiger charge is -2.19. The molecule has 6 nitrogen and oxygen atoms in total. The zero-order valence-corrected chi connectivity index (χ0v) is 17.3. The molecule has 0 aliphatic rings. The lowest BCUT2D eigenvalue weighted by molar-refractivity contribution is -0.275. The number of nitrogens with zero attached hydrogens (tertiary/aromatic N) is 2. The highest BCUT2D eigenvalue weighted by Gasteiger charge is 2.32. The van der Waals surface area contributed by atoms with Crippen LogP contribution in [0.3, 0.4) is 0 Å². The van der Waals surface area contributed by atoms with E-state index in [4.69, 9.17) is 10.5 Å². The number of para-hydroxylation sites is 1. The van der Waals surface area contributed by atoms with Crippen molar-refractivity contribution in [2.24, 2.45) is 5.73 Å². The highest BCUT2D eigenvalue weighted by molar-refractivity contribution is 5.92. The first-order valence-corrected chi connectivity index (χ1v) is 9.74. The summed E-state index contributed by atoms with van der Waals surface area (Å²) in [5.74, 6) is 0.169. The fourth-order valence-electron chi connectivity index (χ4n) is 2.98. The molecular weight excluding hydrogens is 423 g/mol. The van der Waals surface area contributed by atoms with Crippen molar-refractivity contribution in [2.45, 2.75) is 19.3 Å². The molecule has 0 aliphatic carbocycles. The number of amides is 1. The number of alkyl halides is 3. The highest BCUT2D eigenvalue weighted by atomic mass is 19.4. The Kier molecular flexibility index (Phi) is 7.32. The number of ether oxygens (including phenoxy) is 2. The van der Waals surface area contributed by atoms with Crippen LogP contribution in [0.1, 0.15) is 21.5 Å². The summed E-state index contributed by atoms with van der Waals surface area (Å²) in [6.45, 7) is 0.955. The second-order valence-corrected chi connectivity index (χ2v) is 7.14. The average Bonchev–Trinajstić information content (AvgIpc) is 2.74. The molecule has 1 aromatic heterocycles. The molecule has 1 heterocycles. The molecule has 0 saturated carbocycles. The van der Waals surface area contributed by atoms with E-state index in [1.807, 2.05) is 24.1 Å². The molecule has 3 rings (SSSR count). The van der Waals surface area contributed by atoms with Crippen molar-refractivity contribution in [3.05, 3.63) is 83.6 Å². The fourth-order valence-corrected chi connectivity index (χ4v) is 2.98. The molecule has 0 unspecified atom stereocenters. The van der Waals surface area contributed by atoms with Gasteiger partial charge in [0.05, 0.1) is 5.56 Å². The van der Waals surface area contributed by atoms with Crippen LogP contribution in [-0.4, -0.2) is 35.7 Å². The van der Waals surface area contributed by atoms with Crippen molar-refractivity contribution in [3.8, 4) is 17.4 Å². The van der Waals surface area contributed by atoms with Gasteiger partial charge in [0.25, 0.3) is 0 Å². The Bertz CT molecular complexity index is 1040. The van der Waals surface area contributed by atoms with Crippen LogP contribution in [0.2, 0.25) is 0 Å². The van der Waals surface area contributed by atoms with Gasteiger partial charge in [-0.3, -0.25) is 4.79 Å². The molecule has 32 heavy (non-hydrogen) atoms. The van der Waals surface area contributed by atoms with Crippen molar-refractivity contribution in [2.75, 3.05) is 13.6 Å². The summed E-state index contributed by atoms with van der Waals surface area (Å²) in [5, 5.41) is 0. The van der Waals surface area contributed by atoms with Crippen molar-refractivity contribution >= 4 is 5.91 Å². The van der Waals surface area contributed by atoms with Gasteiger partial charge >= 0.3 is 6.36 Å². The van der Waals surface area contributed by atoms with Gasteiger partial charge in [0.1, 0.15) is 11.5 Å². The standard InChI is InChI=1S/C23H22F3N3O3/c1-29(15-18-4-2-3-5-20(18)32-23(24,25)26)13-12-16-6-9-19(10-7-16)31-21-11-8-17(14-28-21)22(27)30/h2-11,14H,12-13,15H2,1H3,(H2,27,30). The predicted octanol–water partition coefficient (Wildman–Crippen LogP) is 4.55. The summed E-state index contributed by atoms with van der Waals surface area (Å²) >= 11 is 0. The number of carbonyl (C=O) groups is 1. The van der Waals surface area contributed by atoms with Crippen LogP contribution < -0.4 is 15.2 Å². The number of nitrogens with two attached hydrogens (primary N) is 1. The summed E-state index contributed by atoms with van der Waals surface area (Å²) in [5.41, 5.74) is 6.99. The molecule has 2 aromatic carbocycles. The van der Waals surface area contributed by atoms with Gasteiger partial charge < -0.3 is 20.1 Å². The van der Waals surface area contributed by atoms with Gasteiger partial charge in [-0.15, -0.1) is 13.2 Å². The van der Waals surface area contributed by atoms with Gasteiger partial charge in [-0.05, 0) is 43.3 Å². The minimum atomic E-state index is -4.72. The van der Waals surface area contributed by atoms with E-state index in [1.54, 1.807) is 30.3 Å². The number of aromatic nitrogens is 1. The molecule has 2 N–H and O–H groups in total. The first-order valence-electron chi connectivity index (χ1n) is 9.74. The van der Waals surface area contributed by atoms with E-state index in [9.17, 15) is 18.0 Å². The first-order chi connectivity index (χ1) is 15.2. The first kappa shape index (κ1) is 23.1. The third kappa shape index (κ3) is 6.98. The van der Waals surface area contributed by atoms with Gasteiger partial charge in [-0.25, -0.2) is 4.98 Å².